The lowest BCUT2D eigenvalue weighted by Gasteiger charge is -2.15. The molecule has 1 aliphatic carbocycles. The van der Waals surface area contributed by atoms with E-state index in [2.05, 4.69) is 0 Å². The minimum Gasteiger partial charge on any atom is -0.465 e. The zero-order chi connectivity index (χ0) is 13.6. The van der Waals surface area contributed by atoms with Gasteiger partial charge in [0.15, 0.2) is 0 Å². The smallest absolute Gasteiger partial charge is 0.341 e. The van der Waals surface area contributed by atoms with E-state index in [0.29, 0.717) is 18.5 Å². The van der Waals surface area contributed by atoms with Crippen LogP contribution in [0.3, 0.4) is 0 Å². The summed E-state index contributed by atoms with van der Waals surface area (Å²) in [5.74, 6) is -0.356. The van der Waals surface area contributed by atoms with Gasteiger partial charge in [-0.15, -0.1) is 22.9 Å². The predicted molar refractivity (Wildman–Crippen MR) is 74.3 cm³/mol. The van der Waals surface area contributed by atoms with Crippen molar-refractivity contribution in [3.8, 4) is 0 Å². The van der Waals surface area contributed by atoms with E-state index in [1.165, 1.54) is 12.0 Å². The zero-order valence-electron chi connectivity index (χ0n) is 10.6. The number of hydrogen-bond acceptors (Lipinski definition) is 4. The molecule has 0 spiro atoms. The van der Waals surface area contributed by atoms with Gasteiger partial charge < -0.3 is 9.64 Å². The van der Waals surface area contributed by atoms with Gasteiger partial charge in [0.25, 0.3) is 0 Å². The quantitative estimate of drug-likeness (QED) is 0.622. The minimum atomic E-state index is -0.347. The number of hydrogen-bond donors (Lipinski definition) is 0. The van der Waals surface area contributed by atoms with Crippen molar-refractivity contribution in [3.63, 3.8) is 0 Å². The third kappa shape index (κ3) is 2.05. The second kappa shape index (κ2) is 4.80. The number of alkyl halides is 1. The molecule has 1 aromatic heterocycles. The lowest BCUT2D eigenvalue weighted by atomic mass is 10.1. The van der Waals surface area contributed by atoms with E-state index < -0.39 is 0 Å². The Balaban J connectivity index is 2.06. The average molecular weight is 300 g/mol. The molecule has 1 aliphatic heterocycles. The third-order valence-corrected chi connectivity index (χ3v) is 5.22. The Bertz CT molecular complexity index is 554. The van der Waals surface area contributed by atoms with Crippen LogP contribution in [0.2, 0.25) is 0 Å². The Labute approximate surface area is 120 Å². The second-order valence-corrected chi connectivity index (χ2v) is 6.54. The monoisotopic (exact) mass is 299 g/mol. The van der Waals surface area contributed by atoms with E-state index in [0.717, 1.165) is 29.8 Å². The van der Waals surface area contributed by atoms with E-state index >= 15 is 0 Å². The SMILES string of the molecule is COC(=O)c1c(N2CC(Cl)CC2=O)sc2c1CCC2. The van der Waals surface area contributed by atoms with Crippen molar-refractivity contribution in [3.05, 3.63) is 16.0 Å². The fraction of sp³-hybridized carbons (Fsp3) is 0.538. The highest BCUT2D eigenvalue weighted by Gasteiger charge is 2.36. The number of methoxy groups -OCH3 is 1. The molecule has 0 radical (unpaired) electrons. The number of esters is 1. The number of amides is 1. The minimum absolute atomic E-state index is 0.00919. The third-order valence-electron chi connectivity index (χ3n) is 3.62. The molecule has 3 rings (SSSR count). The molecule has 1 amide bonds. The summed E-state index contributed by atoms with van der Waals surface area (Å²) in [5, 5.41) is 0.555. The first-order valence-corrected chi connectivity index (χ1v) is 7.54. The van der Waals surface area contributed by atoms with Crippen molar-refractivity contribution in [2.24, 2.45) is 0 Å². The summed E-state index contributed by atoms with van der Waals surface area (Å²) in [6, 6.07) is 0. The fourth-order valence-corrected chi connectivity index (χ4v) is 4.43. The molecule has 0 aromatic carbocycles. The summed E-state index contributed by atoms with van der Waals surface area (Å²) in [4.78, 5) is 26.8. The highest BCUT2D eigenvalue weighted by atomic mass is 35.5. The second-order valence-electron chi connectivity index (χ2n) is 4.83. The van der Waals surface area contributed by atoms with E-state index in [4.69, 9.17) is 16.3 Å². The summed E-state index contributed by atoms with van der Waals surface area (Å²) >= 11 is 7.58. The van der Waals surface area contributed by atoms with Crippen LogP contribution in [0.25, 0.3) is 0 Å². The Morgan fingerprint density at radius 1 is 1.47 bits per heavy atom. The van der Waals surface area contributed by atoms with Gasteiger partial charge in [0.05, 0.1) is 18.1 Å². The van der Waals surface area contributed by atoms with Crippen molar-refractivity contribution in [2.75, 3.05) is 18.6 Å². The molecule has 19 heavy (non-hydrogen) atoms. The van der Waals surface area contributed by atoms with Gasteiger partial charge in [0.1, 0.15) is 5.00 Å². The molecule has 6 heteroatoms. The zero-order valence-corrected chi connectivity index (χ0v) is 12.1. The van der Waals surface area contributed by atoms with Crippen LogP contribution in [-0.2, 0) is 22.4 Å². The summed E-state index contributed by atoms with van der Waals surface area (Å²) in [6.07, 6.45) is 3.28. The number of ether oxygens (including phenoxy) is 1. The Morgan fingerprint density at radius 2 is 2.26 bits per heavy atom. The maximum Gasteiger partial charge on any atom is 0.341 e. The van der Waals surface area contributed by atoms with Crippen LogP contribution in [-0.4, -0.2) is 30.9 Å². The van der Waals surface area contributed by atoms with Gasteiger partial charge in [0, 0.05) is 17.8 Å². The standard InChI is InChI=1S/C13H14ClNO3S/c1-18-13(17)11-8-3-2-4-9(8)19-12(11)15-6-7(14)5-10(15)16/h7H,2-6H2,1H3. The summed E-state index contributed by atoms with van der Waals surface area (Å²) in [6.45, 7) is 0.476. The van der Waals surface area contributed by atoms with Gasteiger partial charge in [-0.3, -0.25) is 4.79 Å². The first-order chi connectivity index (χ1) is 9.11. The molecular weight excluding hydrogens is 286 g/mol. The van der Waals surface area contributed by atoms with E-state index in [1.54, 1.807) is 16.2 Å². The number of halogens is 1. The number of rotatable bonds is 2. The Morgan fingerprint density at radius 3 is 2.89 bits per heavy atom. The number of nitrogens with zero attached hydrogens (tertiary/aromatic N) is 1. The maximum absolute atomic E-state index is 12.0. The molecule has 0 bridgehead atoms. The molecule has 4 nitrogen and oxygen atoms in total. The topological polar surface area (TPSA) is 46.6 Å². The number of thiophene rings is 1. The lowest BCUT2D eigenvalue weighted by Crippen LogP contribution is -2.25. The van der Waals surface area contributed by atoms with Gasteiger partial charge in [-0.2, -0.15) is 0 Å². The highest BCUT2D eigenvalue weighted by molar-refractivity contribution is 7.17. The molecule has 102 valence electrons. The van der Waals surface area contributed by atoms with E-state index in [-0.39, 0.29) is 17.3 Å². The molecule has 2 aliphatic rings. The summed E-state index contributed by atoms with van der Waals surface area (Å²) < 4.78 is 4.88. The van der Waals surface area contributed by atoms with Crippen molar-refractivity contribution < 1.29 is 14.3 Å². The van der Waals surface area contributed by atoms with E-state index in [9.17, 15) is 9.59 Å². The fourth-order valence-electron chi connectivity index (χ4n) is 2.75. The van der Waals surface area contributed by atoms with Crippen molar-refractivity contribution in [2.45, 2.75) is 31.1 Å². The van der Waals surface area contributed by atoms with Crippen LogP contribution in [0, 0.1) is 0 Å². The molecular formula is C13H14ClNO3S. The number of carbonyl (C=O) groups excluding carboxylic acids is 2. The molecule has 1 aromatic rings. The van der Waals surface area contributed by atoms with Crippen LogP contribution in [0.4, 0.5) is 5.00 Å². The molecule has 1 saturated heterocycles. The van der Waals surface area contributed by atoms with Crippen molar-refractivity contribution in [1.29, 1.82) is 0 Å². The first kappa shape index (κ1) is 12.9. The van der Waals surface area contributed by atoms with Gasteiger partial charge in [-0.1, -0.05) is 0 Å². The molecule has 2 heterocycles. The van der Waals surface area contributed by atoms with Gasteiger partial charge in [-0.05, 0) is 24.8 Å². The molecule has 1 unspecified atom stereocenters. The maximum atomic E-state index is 12.0. The largest absolute Gasteiger partial charge is 0.465 e. The van der Waals surface area contributed by atoms with Crippen molar-refractivity contribution in [1.82, 2.24) is 0 Å². The number of fused-ring (bicyclic) bond motifs is 1. The van der Waals surface area contributed by atoms with Crippen LogP contribution in [0.15, 0.2) is 0 Å². The summed E-state index contributed by atoms with van der Waals surface area (Å²) in [7, 11) is 1.38. The molecule has 0 saturated carbocycles. The molecule has 0 N–H and O–H groups in total. The predicted octanol–water partition coefficient (Wildman–Crippen LogP) is 2.37. The average Bonchev–Trinajstić information content (AvgIpc) is 3.01. The van der Waals surface area contributed by atoms with Crippen LogP contribution >= 0.6 is 22.9 Å². The highest BCUT2D eigenvalue weighted by Crippen LogP contribution is 2.43. The normalized spacial score (nSPS) is 21.9. The lowest BCUT2D eigenvalue weighted by molar-refractivity contribution is -0.117. The molecule has 1 atom stereocenters. The van der Waals surface area contributed by atoms with Gasteiger partial charge in [0.2, 0.25) is 5.91 Å². The number of carbonyl (C=O) groups is 2. The summed E-state index contributed by atoms with van der Waals surface area (Å²) in [5.41, 5.74) is 1.65. The molecule has 1 fully saturated rings. The van der Waals surface area contributed by atoms with E-state index in [1.807, 2.05) is 0 Å². The Hall–Kier alpha value is -1.07. The Kier molecular flexibility index (Phi) is 3.27. The number of aryl methyl sites for hydroxylation is 1. The van der Waals surface area contributed by atoms with Gasteiger partial charge in [-0.25, -0.2) is 4.79 Å². The first-order valence-electron chi connectivity index (χ1n) is 6.29. The van der Waals surface area contributed by atoms with Crippen LogP contribution in [0.5, 0.6) is 0 Å². The van der Waals surface area contributed by atoms with Gasteiger partial charge >= 0.3 is 5.97 Å². The number of anilines is 1. The van der Waals surface area contributed by atoms with Crippen LogP contribution in [0.1, 0.15) is 33.6 Å². The van der Waals surface area contributed by atoms with Crippen LogP contribution < -0.4 is 4.90 Å². The van der Waals surface area contributed by atoms with Crippen molar-refractivity contribution >= 4 is 39.8 Å².